The number of para-hydroxylation sites is 1. The number of hydrogen-bond acceptors (Lipinski definition) is 6. The standard InChI is InChI=1S/C14H16N4O2/c1-18(2)7-11(15)13-16-14(20-17-13)10-8-19-12-6-4-3-5-9(10)12/h3-6,8,11H,7,15H2,1-2H3. The van der Waals surface area contributed by atoms with Crippen LogP contribution in [-0.4, -0.2) is 35.7 Å². The third-order valence-electron chi connectivity index (χ3n) is 3.05. The van der Waals surface area contributed by atoms with Gasteiger partial charge in [-0.25, -0.2) is 0 Å². The van der Waals surface area contributed by atoms with Gasteiger partial charge < -0.3 is 19.6 Å². The molecular formula is C14H16N4O2. The van der Waals surface area contributed by atoms with Crippen molar-refractivity contribution in [2.45, 2.75) is 6.04 Å². The van der Waals surface area contributed by atoms with Gasteiger partial charge in [-0.2, -0.15) is 4.98 Å². The Morgan fingerprint density at radius 2 is 2.10 bits per heavy atom. The Labute approximate surface area is 116 Å². The number of aromatic nitrogens is 2. The van der Waals surface area contributed by atoms with Gasteiger partial charge in [0.1, 0.15) is 11.8 Å². The number of nitrogens with two attached hydrogens (primary N) is 1. The van der Waals surface area contributed by atoms with Crippen LogP contribution in [0.25, 0.3) is 22.4 Å². The summed E-state index contributed by atoms with van der Waals surface area (Å²) in [5.74, 6) is 0.929. The van der Waals surface area contributed by atoms with Gasteiger partial charge in [0.2, 0.25) is 0 Å². The van der Waals surface area contributed by atoms with Crippen LogP contribution in [0.1, 0.15) is 11.9 Å². The van der Waals surface area contributed by atoms with Crippen LogP contribution in [0.2, 0.25) is 0 Å². The lowest BCUT2D eigenvalue weighted by atomic mass is 10.2. The van der Waals surface area contributed by atoms with Crippen LogP contribution in [-0.2, 0) is 0 Å². The molecule has 0 saturated carbocycles. The molecule has 6 nitrogen and oxygen atoms in total. The fourth-order valence-corrected chi connectivity index (χ4v) is 2.11. The van der Waals surface area contributed by atoms with Gasteiger partial charge in [-0.3, -0.25) is 0 Å². The summed E-state index contributed by atoms with van der Waals surface area (Å²) in [5.41, 5.74) is 7.61. The Bertz CT molecular complexity index is 717. The SMILES string of the molecule is CN(C)CC(N)c1noc(-c2coc3ccccc23)n1. The van der Waals surface area contributed by atoms with Crippen LogP contribution in [0, 0.1) is 0 Å². The molecule has 2 N–H and O–H groups in total. The molecule has 1 atom stereocenters. The van der Waals surface area contributed by atoms with Crippen molar-refractivity contribution < 1.29 is 8.94 Å². The maximum atomic E-state index is 6.03. The number of likely N-dealkylation sites (N-methyl/N-ethyl adjacent to an activating group) is 1. The van der Waals surface area contributed by atoms with Gasteiger partial charge in [-0.1, -0.05) is 23.4 Å². The molecule has 2 aromatic heterocycles. The molecule has 6 heteroatoms. The van der Waals surface area contributed by atoms with Crippen LogP contribution in [0.15, 0.2) is 39.5 Å². The Hall–Kier alpha value is -2.18. The van der Waals surface area contributed by atoms with Crippen LogP contribution in [0.4, 0.5) is 0 Å². The molecule has 104 valence electrons. The number of fused-ring (bicyclic) bond motifs is 1. The highest BCUT2D eigenvalue weighted by atomic mass is 16.5. The first-order valence-corrected chi connectivity index (χ1v) is 6.35. The van der Waals surface area contributed by atoms with E-state index in [1.165, 1.54) is 0 Å². The number of rotatable bonds is 4. The zero-order chi connectivity index (χ0) is 14.1. The highest BCUT2D eigenvalue weighted by Crippen LogP contribution is 2.29. The van der Waals surface area contributed by atoms with Crippen molar-refractivity contribution in [3.8, 4) is 11.5 Å². The van der Waals surface area contributed by atoms with Gasteiger partial charge in [-0.15, -0.1) is 0 Å². The molecule has 3 aromatic rings. The Balaban J connectivity index is 1.94. The average Bonchev–Trinajstić information content (AvgIpc) is 3.04. The van der Waals surface area contributed by atoms with Gasteiger partial charge in [0.05, 0.1) is 11.6 Å². The molecular weight excluding hydrogens is 256 g/mol. The smallest absolute Gasteiger partial charge is 0.261 e. The molecule has 3 rings (SSSR count). The molecule has 0 bridgehead atoms. The maximum absolute atomic E-state index is 6.03. The van der Waals surface area contributed by atoms with Crippen molar-refractivity contribution in [3.05, 3.63) is 36.4 Å². The van der Waals surface area contributed by atoms with Crippen LogP contribution >= 0.6 is 0 Å². The summed E-state index contributed by atoms with van der Waals surface area (Å²) in [4.78, 5) is 6.35. The lowest BCUT2D eigenvalue weighted by Crippen LogP contribution is -2.26. The summed E-state index contributed by atoms with van der Waals surface area (Å²) < 4.78 is 10.8. The fourth-order valence-electron chi connectivity index (χ4n) is 2.11. The number of benzene rings is 1. The van der Waals surface area contributed by atoms with Crippen molar-refractivity contribution in [1.82, 2.24) is 15.0 Å². The lowest BCUT2D eigenvalue weighted by Gasteiger charge is -2.12. The van der Waals surface area contributed by atoms with Crippen molar-refractivity contribution in [3.63, 3.8) is 0 Å². The lowest BCUT2D eigenvalue weighted by molar-refractivity contribution is 0.357. The van der Waals surface area contributed by atoms with Gasteiger partial charge in [0.25, 0.3) is 5.89 Å². The molecule has 0 aliphatic heterocycles. The van der Waals surface area contributed by atoms with E-state index in [4.69, 9.17) is 14.7 Å². The van der Waals surface area contributed by atoms with E-state index in [0.29, 0.717) is 18.3 Å². The molecule has 0 saturated heterocycles. The first-order valence-electron chi connectivity index (χ1n) is 6.35. The minimum absolute atomic E-state index is 0.277. The summed E-state index contributed by atoms with van der Waals surface area (Å²) >= 11 is 0. The summed E-state index contributed by atoms with van der Waals surface area (Å²) in [5, 5.41) is 4.90. The number of nitrogens with zero attached hydrogens (tertiary/aromatic N) is 3. The quantitative estimate of drug-likeness (QED) is 0.782. The van der Waals surface area contributed by atoms with E-state index in [9.17, 15) is 0 Å². The topological polar surface area (TPSA) is 81.3 Å². The van der Waals surface area contributed by atoms with Crippen LogP contribution in [0.5, 0.6) is 0 Å². The largest absolute Gasteiger partial charge is 0.463 e. The van der Waals surface area contributed by atoms with E-state index in [1.54, 1.807) is 6.26 Å². The third-order valence-corrected chi connectivity index (χ3v) is 3.05. The van der Waals surface area contributed by atoms with E-state index in [0.717, 1.165) is 16.5 Å². The maximum Gasteiger partial charge on any atom is 0.261 e. The number of hydrogen-bond donors (Lipinski definition) is 1. The molecule has 1 aromatic carbocycles. The molecule has 0 fully saturated rings. The first-order chi connectivity index (χ1) is 9.65. The Morgan fingerprint density at radius 3 is 2.90 bits per heavy atom. The van der Waals surface area contributed by atoms with E-state index in [-0.39, 0.29) is 6.04 Å². The first kappa shape index (κ1) is 12.8. The number of furan rings is 1. The second kappa shape index (κ2) is 5.07. The second-order valence-corrected chi connectivity index (χ2v) is 4.97. The highest BCUT2D eigenvalue weighted by Gasteiger charge is 2.18. The minimum atomic E-state index is -0.277. The van der Waals surface area contributed by atoms with Crippen LogP contribution in [0.3, 0.4) is 0 Å². The minimum Gasteiger partial charge on any atom is -0.463 e. The molecule has 1 unspecified atom stereocenters. The molecule has 0 radical (unpaired) electrons. The van der Waals surface area contributed by atoms with Crippen LogP contribution < -0.4 is 5.73 Å². The monoisotopic (exact) mass is 272 g/mol. The molecule has 0 spiro atoms. The second-order valence-electron chi connectivity index (χ2n) is 4.97. The molecule has 2 heterocycles. The van der Waals surface area contributed by atoms with Crippen molar-refractivity contribution >= 4 is 11.0 Å². The van der Waals surface area contributed by atoms with E-state index < -0.39 is 0 Å². The van der Waals surface area contributed by atoms with Crippen molar-refractivity contribution in [2.75, 3.05) is 20.6 Å². The normalized spacial score (nSPS) is 13.2. The Kier molecular flexibility index (Phi) is 3.25. The van der Waals surface area contributed by atoms with Gasteiger partial charge in [0, 0.05) is 11.9 Å². The third kappa shape index (κ3) is 2.31. The average molecular weight is 272 g/mol. The predicted molar refractivity (Wildman–Crippen MR) is 75.0 cm³/mol. The zero-order valence-electron chi connectivity index (χ0n) is 11.4. The summed E-state index contributed by atoms with van der Waals surface area (Å²) in [6.45, 7) is 0.658. The van der Waals surface area contributed by atoms with E-state index in [1.807, 2.05) is 43.3 Å². The molecule has 20 heavy (non-hydrogen) atoms. The molecule has 0 amide bonds. The van der Waals surface area contributed by atoms with Gasteiger partial charge in [0.15, 0.2) is 5.82 Å². The molecule has 0 aliphatic rings. The van der Waals surface area contributed by atoms with Gasteiger partial charge >= 0.3 is 0 Å². The highest BCUT2D eigenvalue weighted by molar-refractivity contribution is 5.91. The predicted octanol–water partition coefficient (Wildman–Crippen LogP) is 2.04. The summed E-state index contributed by atoms with van der Waals surface area (Å²) in [6.07, 6.45) is 1.62. The summed E-state index contributed by atoms with van der Waals surface area (Å²) in [6, 6.07) is 7.44. The van der Waals surface area contributed by atoms with E-state index in [2.05, 4.69) is 10.1 Å². The van der Waals surface area contributed by atoms with Gasteiger partial charge in [-0.05, 0) is 20.2 Å². The fraction of sp³-hybridized carbons (Fsp3) is 0.286. The van der Waals surface area contributed by atoms with Crippen molar-refractivity contribution in [2.24, 2.45) is 5.73 Å². The Morgan fingerprint density at radius 1 is 1.30 bits per heavy atom. The molecule has 0 aliphatic carbocycles. The van der Waals surface area contributed by atoms with Crippen molar-refractivity contribution in [1.29, 1.82) is 0 Å². The summed E-state index contributed by atoms with van der Waals surface area (Å²) in [7, 11) is 3.90. The van der Waals surface area contributed by atoms with E-state index >= 15 is 0 Å². The zero-order valence-corrected chi connectivity index (χ0v) is 11.4.